The van der Waals surface area contributed by atoms with Gasteiger partial charge in [-0.2, -0.15) is 0 Å². The van der Waals surface area contributed by atoms with Crippen LogP contribution in [0.2, 0.25) is 0 Å². The van der Waals surface area contributed by atoms with E-state index >= 15 is 0 Å². The second-order valence-electron chi connectivity index (χ2n) is 5.97. The first-order valence-corrected chi connectivity index (χ1v) is 7.82. The van der Waals surface area contributed by atoms with Gasteiger partial charge < -0.3 is 20.3 Å². The average Bonchev–Trinajstić information content (AvgIpc) is 2.87. The van der Waals surface area contributed by atoms with Crippen LogP contribution in [0, 0.1) is 5.92 Å². The van der Waals surface area contributed by atoms with Crippen molar-refractivity contribution in [1.82, 2.24) is 15.5 Å². The molecule has 7 heteroatoms. The zero-order valence-corrected chi connectivity index (χ0v) is 15.4. The van der Waals surface area contributed by atoms with Crippen LogP contribution in [0.25, 0.3) is 0 Å². The van der Waals surface area contributed by atoms with Gasteiger partial charge in [-0.3, -0.25) is 9.59 Å². The lowest BCUT2D eigenvalue weighted by molar-refractivity contribution is -0.128. The van der Waals surface area contributed by atoms with Gasteiger partial charge in [-0.05, 0) is 31.7 Å². The summed E-state index contributed by atoms with van der Waals surface area (Å²) in [7, 11) is 5.21. The quantitative estimate of drug-likeness (QED) is 0.808. The number of benzene rings is 1. The van der Waals surface area contributed by atoms with E-state index in [9.17, 15) is 9.59 Å². The summed E-state index contributed by atoms with van der Waals surface area (Å²) in [5, 5.41) is 6.01. The summed E-state index contributed by atoms with van der Waals surface area (Å²) in [4.78, 5) is 26.3. The highest BCUT2D eigenvalue weighted by Crippen LogP contribution is 2.37. The van der Waals surface area contributed by atoms with Gasteiger partial charge in [0.15, 0.2) is 0 Å². The molecule has 2 amide bonds. The van der Waals surface area contributed by atoms with Gasteiger partial charge in [0, 0.05) is 26.1 Å². The van der Waals surface area contributed by atoms with E-state index < -0.39 is 0 Å². The first kappa shape index (κ1) is 20.3. The molecular formula is C17H26ClN3O3. The minimum absolute atomic E-state index is 0. The number of ether oxygens (including phenoxy) is 1. The van der Waals surface area contributed by atoms with E-state index in [4.69, 9.17) is 4.74 Å². The maximum atomic E-state index is 12.5. The number of likely N-dealkylation sites (N-methyl/N-ethyl adjacent to an activating group) is 1. The van der Waals surface area contributed by atoms with Crippen molar-refractivity contribution in [3.8, 4) is 5.75 Å². The van der Waals surface area contributed by atoms with E-state index in [1.54, 1.807) is 19.1 Å². The molecule has 134 valence electrons. The second-order valence-corrected chi connectivity index (χ2v) is 5.97. The number of carbonyl (C=O) groups is 2. The molecule has 0 saturated carbocycles. The number of likely N-dealkylation sites (tertiary alicyclic amines) is 1. The molecule has 24 heavy (non-hydrogen) atoms. The molecule has 0 radical (unpaired) electrons. The Balaban J connectivity index is 0.00000288. The van der Waals surface area contributed by atoms with Gasteiger partial charge in [-0.1, -0.05) is 12.1 Å². The zero-order valence-electron chi connectivity index (χ0n) is 14.5. The van der Waals surface area contributed by atoms with E-state index in [1.165, 1.54) is 0 Å². The molecule has 2 N–H and O–H groups in total. The van der Waals surface area contributed by atoms with Crippen LogP contribution in [0.15, 0.2) is 24.3 Å². The monoisotopic (exact) mass is 355 g/mol. The van der Waals surface area contributed by atoms with Gasteiger partial charge in [0.05, 0.1) is 19.1 Å². The molecular weight excluding hydrogens is 330 g/mol. The van der Waals surface area contributed by atoms with Crippen molar-refractivity contribution in [1.29, 1.82) is 0 Å². The molecule has 3 atom stereocenters. The molecule has 1 aliphatic rings. The fraction of sp³-hybridized carbons (Fsp3) is 0.529. The van der Waals surface area contributed by atoms with Crippen molar-refractivity contribution >= 4 is 24.2 Å². The van der Waals surface area contributed by atoms with Crippen LogP contribution in [-0.2, 0) is 9.59 Å². The average molecular weight is 356 g/mol. The van der Waals surface area contributed by atoms with E-state index in [0.717, 1.165) is 11.3 Å². The van der Waals surface area contributed by atoms with E-state index in [0.29, 0.717) is 6.54 Å². The summed E-state index contributed by atoms with van der Waals surface area (Å²) in [6.07, 6.45) is 0.243. The van der Waals surface area contributed by atoms with E-state index in [1.807, 2.05) is 38.2 Å². The Hall–Kier alpha value is -1.79. The molecule has 1 fully saturated rings. The molecule has 6 nitrogen and oxygen atoms in total. The fourth-order valence-electron chi connectivity index (χ4n) is 2.85. The van der Waals surface area contributed by atoms with Gasteiger partial charge in [0.1, 0.15) is 5.75 Å². The third-order valence-corrected chi connectivity index (χ3v) is 4.46. The molecule has 2 rings (SSSR count). The first-order chi connectivity index (χ1) is 11.0. The van der Waals surface area contributed by atoms with Gasteiger partial charge in [-0.25, -0.2) is 0 Å². The molecule has 1 aromatic carbocycles. The Morgan fingerprint density at radius 1 is 1.38 bits per heavy atom. The Bertz CT molecular complexity index is 565. The number of nitrogens with one attached hydrogen (secondary N) is 2. The molecule has 0 spiro atoms. The van der Waals surface area contributed by atoms with Crippen LogP contribution in [-0.4, -0.2) is 50.5 Å². The van der Waals surface area contributed by atoms with Crippen LogP contribution < -0.4 is 15.4 Å². The first-order valence-electron chi connectivity index (χ1n) is 7.82. The topological polar surface area (TPSA) is 70.7 Å². The maximum absolute atomic E-state index is 12.5. The lowest BCUT2D eigenvalue weighted by atomic mass is 9.93. The lowest BCUT2D eigenvalue weighted by Crippen LogP contribution is -2.41. The van der Waals surface area contributed by atoms with Gasteiger partial charge in [-0.15, -0.1) is 12.4 Å². The normalized spacial score (nSPS) is 21.2. The number of methoxy groups -OCH3 is 1. The molecule has 1 heterocycles. The Labute approximate surface area is 149 Å². The molecule has 0 bridgehead atoms. The van der Waals surface area contributed by atoms with Crippen LogP contribution in [0.4, 0.5) is 0 Å². The molecule has 0 aliphatic carbocycles. The molecule has 1 aliphatic heterocycles. The van der Waals surface area contributed by atoms with Crippen LogP contribution in [0.1, 0.15) is 24.9 Å². The number of carbonyl (C=O) groups excluding carboxylic acids is 2. The van der Waals surface area contributed by atoms with Crippen molar-refractivity contribution < 1.29 is 14.3 Å². The van der Waals surface area contributed by atoms with Crippen molar-refractivity contribution in [3.05, 3.63) is 29.8 Å². The largest absolute Gasteiger partial charge is 0.497 e. The summed E-state index contributed by atoms with van der Waals surface area (Å²) in [5.74, 6) is 0.299. The zero-order chi connectivity index (χ0) is 17.0. The highest BCUT2D eigenvalue weighted by atomic mass is 35.5. The number of amides is 2. The van der Waals surface area contributed by atoms with Gasteiger partial charge in [0.2, 0.25) is 11.8 Å². The molecule has 0 aromatic heterocycles. The van der Waals surface area contributed by atoms with Gasteiger partial charge in [0.25, 0.3) is 0 Å². The van der Waals surface area contributed by atoms with Crippen LogP contribution in [0.3, 0.4) is 0 Å². The van der Waals surface area contributed by atoms with Crippen molar-refractivity contribution in [3.63, 3.8) is 0 Å². The summed E-state index contributed by atoms with van der Waals surface area (Å²) in [6, 6.07) is 7.48. The SMILES string of the molecule is CNC(C)CNC(=O)C1CC(=O)N(C)C1c1ccc(OC)cc1.Cl. The standard InChI is InChI=1S/C17H25N3O3.ClH/c1-11(18-2)10-19-17(22)14-9-15(21)20(3)16(14)12-5-7-13(23-4)8-6-12;/h5-8,11,14,16,18H,9-10H2,1-4H3,(H,19,22);1H. The number of nitrogens with zero attached hydrogens (tertiary/aromatic N) is 1. The predicted molar refractivity (Wildman–Crippen MR) is 95.4 cm³/mol. The number of halogens is 1. The molecule has 1 aromatic rings. The minimum Gasteiger partial charge on any atom is -0.497 e. The van der Waals surface area contributed by atoms with E-state index in [-0.39, 0.29) is 48.6 Å². The Morgan fingerprint density at radius 3 is 2.54 bits per heavy atom. The Kier molecular flexibility index (Phi) is 7.51. The molecule has 3 unspecified atom stereocenters. The van der Waals surface area contributed by atoms with Gasteiger partial charge >= 0.3 is 0 Å². The fourth-order valence-corrected chi connectivity index (χ4v) is 2.85. The Morgan fingerprint density at radius 2 is 2.00 bits per heavy atom. The maximum Gasteiger partial charge on any atom is 0.226 e. The smallest absolute Gasteiger partial charge is 0.226 e. The second kappa shape index (κ2) is 8.89. The van der Waals surface area contributed by atoms with Crippen molar-refractivity contribution in [2.24, 2.45) is 5.92 Å². The van der Waals surface area contributed by atoms with Crippen LogP contribution in [0.5, 0.6) is 5.75 Å². The summed E-state index contributed by atoms with van der Waals surface area (Å²) >= 11 is 0. The summed E-state index contributed by atoms with van der Waals surface area (Å²) in [5.41, 5.74) is 0.945. The van der Waals surface area contributed by atoms with Crippen molar-refractivity contribution in [2.75, 3.05) is 27.7 Å². The predicted octanol–water partition coefficient (Wildman–Crippen LogP) is 1.36. The lowest BCUT2D eigenvalue weighted by Gasteiger charge is -2.25. The number of rotatable bonds is 6. The summed E-state index contributed by atoms with van der Waals surface area (Å²) in [6.45, 7) is 2.53. The van der Waals surface area contributed by atoms with Crippen LogP contribution >= 0.6 is 12.4 Å². The van der Waals surface area contributed by atoms with E-state index in [2.05, 4.69) is 10.6 Å². The summed E-state index contributed by atoms with van der Waals surface area (Å²) < 4.78 is 5.16. The third kappa shape index (κ3) is 4.39. The minimum atomic E-state index is -0.370. The third-order valence-electron chi connectivity index (χ3n) is 4.46. The highest BCUT2D eigenvalue weighted by Gasteiger charge is 2.42. The molecule has 1 saturated heterocycles. The number of hydrogen-bond acceptors (Lipinski definition) is 4. The highest BCUT2D eigenvalue weighted by molar-refractivity contribution is 5.90. The number of hydrogen-bond donors (Lipinski definition) is 2. The van der Waals surface area contributed by atoms with Crippen molar-refractivity contribution in [2.45, 2.75) is 25.4 Å².